The molecule has 0 saturated heterocycles. The van der Waals surface area contributed by atoms with E-state index in [0.29, 0.717) is 5.75 Å². The first-order valence-corrected chi connectivity index (χ1v) is 7.04. The fourth-order valence-electron chi connectivity index (χ4n) is 0.969. The molecule has 1 aromatic heterocycles. The van der Waals surface area contributed by atoms with E-state index < -0.39 is 15.3 Å². The second-order valence-corrected chi connectivity index (χ2v) is 6.07. The second kappa shape index (κ2) is 6.99. The maximum absolute atomic E-state index is 11.4. The Kier molecular flexibility index (Phi) is 5.62. The maximum atomic E-state index is 11.4. The fraction of sp³-hybridized carbons (Fsp3) is 0.417. The molecule has 1 N–H and O–H groups in total. The van der Waals surface area contributed by atoms with Crippen LogP contribution in [0.3, 0.4) is 0 Å². The quantitative estimate of drug-likeness (QED) is 0.802. The Morgan fingerprint density at radius 2 is 2.22 bits per heavy atom. The van der Waals surface area contributed by atoms with Crippen LogP contribution in [-0.4, -0.2) is 31.8 Å². The van der Waals surface area contributed by atoms with Crippen LogP contribution in [0.2, 0.25) is 0 Å². The van der Waals surface area contributed by atoms with Crippen LogP contribution >= 0.6 is 0 Å². The summed E-state index contributed by atoms with van der Waals surface area (Å²) in [6.07, 6.45) is 3.24. The van der Waals surface area contributed by atoms with Crippen LogP contribution in [0.25, 0.3) is 0 Å². The highest BCUT2D eigenvalue weighted by Crippen LogP contribution is 2.04. The molecule has 1 aromatic rings. The molecular formula is C12H16N2O3S. The third-order valence-electron chi connectivity index (χ3n) is 2.05. The summed E-state index contributed by atoms with van der Waals surface area (Å²) in [5.74, 6) is 6.03. The molecule has 0 aliphatic heterocycles. The molecule has 0 aliphatic carbocycles. The van der Waals surface area contributed by atoms with Gasteiger partial charge in [0.15, 0.2) is 0 Å². The maximum Gasteiger partial charge on any atom is 0.214 e. The Labute approximate surface area is 108 Å². The normalized spacial score (nSPS) is 10.8. The molecule has 1 rings (SSSR count). The van der Waals surface area contributed by atoms with Crippen molar-refractivity contribution in [1.82, 2.24) is 9.71 Å². The molecular weight excluding hydrogens is 252 g/mol. The zero-order valence-electron chi connectivity index (χ0n) is 10.4. The molecule has 0 amide bonds. The van der Waals surface area contributed by atoms with E-state index in [9.17, 15) is 8.42 Å². The average molecular weight is 268 g/mol. The highest BCUT2D eigenvalue weighted by molar-refractivity contribution is 7.90. The van der Waals surface area contributed by atoms with E-state index in [4.69, 9.17) is 4.74 Å². The number of sulfonamides is 1. The Bertz CT molecular complexity index is 515. The molecule has 5 nitrogen and oxygen atoms in total. The summed E-state index contributed by atoms with van der Waals surface area (Å²) in [6, 6.07) is 3.54. The molecule has 0 bridgehead atoms. The van der Waals surface area contributed by atoms with Crippen LogP contribution in [-0.2, 0) is 10.0 Å². The number of aromatic nitrogens is 1. The van der Waals surface area contributed by atoms with E-state index in [1.165, 1.54) is 0 Å². The molecule has 0 fully saturated rings. The van der Waals surface area contributed by atoms with Gasteiger partial charge in [-0.2, -0.15) is 0 Å². The summed E-state index contributed by atoms with van der Waals surface area (Å²) >= 11 is 0. The van der Waals surface area contributed by atoms with E-state index in [-0.39, 0.29) is 13.2 Å². The molecule has 0 aromatic carbocycles. The van der Waals surface area contributed by atoms with Gasteiger partial charge in [-0.3, -0.25) is 4.98 Å². The Balaban J connectivity index is 2.28. The van der Waals surface area contributed by atoms with Gasteiger partial charge in [0.05, 0.1) is 18.0 Å². The SMILES string of the molecule is CC(C)S(=O)(=O)NCC#CCOc1cccnc1. The predicted molar refractivity (Wildman–Crippen MR) is 69.6 cm³/mol. The summed E-state index contributed by atoms with van der Waals surface area (Å²) in [6.45, 7) is 3.52. The lowest BCUT2D eigenvalue weighted by atomic mass is 10.5. The highest BCUT2D eigenvalue weighted by Gasteiger charge is 2.13. The van der Waals surface area contributed by atoms with Gasteiger partial charge in [0.25, 0.3) is 0 Å². The lowest BCUT2D eigenvalue weighted by Gasteiger charge is -2.05. The van der Waals surface area contributed by atoms with E-state index >= 15 is 0 Å². The molecule has 18 heavy (non-hydrogen) atoms. The first-order chi connectivity index (χ1) is 8.52. The number of pyridine rings is 1. The van der Waals surface area contributed by atoms with Crippen molar-refractivity contribution in [3.63, 3.8) is 0 Å². The topological polar surface area (TPSA) is 68.3 Å². The molecule has 6 heteroatoms. The van der Waals surface area contributed by atoms with Crippen molar-refractivity contribution in [1.29, 1.82) is 0 Å². The number of rotatable bonds is 5. The van der Waals surface area contributed by atoms with Crippen LogP contribution < -0.4 is 9.46 Å². The lowest BCUT2D eigenvalue weighted by molar-refractivity contribution is 0.368. The van der Waals surface area contributed by atoms with Gasteiger partial charge >= 0.3 is 0 Å². The number of hydrogen-bond donors (Lipinski definition) is 1. The van der Waals surface area contributed by atoms with Crippen molar-refractivity contribution >= 4 is 10.0 Å². The van der Waals surface area contributed by atoms with Crippen molar-refractivity contribution in [2.45, 2.75) is 19.1 Å². The molecule has 0 atom stereocenters. The minimum atomic E-state index is -3.24. The molecule has 0 spiro atoms. The van der Waals surface area contributed by atoms with Gasteiger partial charge in [0.2, 0.25) is 10.0 Å². The van der Waals surface area contributed by atoms with Gasteiger partial charge < -0.3 is 4.74 Å². The van der Waals surface area contributed by atoms with Gasteiger partial charge in [0, 0.05) is 6.20 Å². The smallest absolute Gasteiger partial charge is 0.214 e. The van der Waals surface area contributed by atoms with Crippen LogP contribution in [0.1, 0.15) is 13.8 Å². The van der Waals surface area contributed by atoms with E-state index in [2.05, 4.69) is 21.5 Å². The summed E-state index contributed by atoms with van der Waals surface area (Å²) in [7, 11) is -3.24. The number of nitrogens with one attached hydrogen (secondary N) is 1. The monoisotopic (exact) mass is 268 g/mol. The van der Waals surface area contributed by atoms with Crippen LogP contribution in [0.15, 0.2) is 24.5 Å². The van der Waals surface area contributed by atoms with Crippen molar-refractivity contribution in [2.24, 2.45) is 0 Å². The van der Waals surface area contributed by atoms with Gasteiger partial charge in [-0.15, -0.1) is 0 Å². The van der Waals surface area contributed by atoms with Crippen molar-refractivity contribution in [3.05, 3.63) is 24.5 Å². The molecule has 1 heterocycles. The minimum Gasteiger partial charge on any atom is -0.479 e. The minimum absolute atomic E-state index is 0.0942. The molecule has 0 unspecified atom stereocenters. The second-order valence-electron chi connectivity index (χ2n) is 3.75. The van der Waals surface area contributed by atoms with Crippen LogP contribution in [0, 0.1) is 11.8 Å². The van der Waals surface area contributed by atoms with Crippen LogP contribution in [0.4, 0.5) is 0 Å². The Hall–Kier alpha value is -1.58. The third-order valence-corrected chi connectivity index (χ3v) is 3.84. The zero-order valence-corrected chi connectivity index (χ0v) is 11.2. The summed E-state index contributed by atoms with van der Waals surface area (Å²) in [4.78, 5) is 3.89. The average Bonchev–Trinajstić information content (AvgIpc) is 2.34. The number of ether oxygens (including phenoxy) is 1. The molecule has 0 radical (unpaired) electrons. The van der Waals surface area contributed by atoms with Crippen molar-refractivity contribution in [3.8, 4) is 17.6 Å². The van der Waals surface area contributed by atoms with Crippen molar-refractivity contribution < 1.29 is 13.2 Å². The van der Waals surface area contributed by atoms with Gasteiger partial charge in [-0.05, 0) is 26.0 Å². The first kappa shape index (κ1) is 14.5. The lowest BCUT2D eigenvalue weighted by Crippen LogP contribution is -2.31. The predicted octanol–water partition coefficient (Wildman–Crippen LogP) is 0.792. The van der Waals surface area contributed by atoms with Crippen LogP contribution in [0.5, 0.6) is 5.75 Å². The van der Waals surface area contributed by atoms with Gasteiger partial charge in [-0.25, -0.2) is 13.1 Å². The number of nitrogens with zero attached hydrogens (tertiary/aromatic N) is 1. The largest absolute Gasteiger partial charge is 0.479 e. The summed E-state index contributed by atoms with van der Waals surface area (Å²) < 4.78 is 30.4. The van der Waals surface area contributed by atoms with E-state index in [1.807, 2.05) is 0 Å². The summed E-state index contributed by atoms with van der Waals surface area (Å²) in [5.41, 5.74) is 0. The Morgan fingerprint density at radius 1 is 1.44 bits per heavy atom. The fourth-order valence-corrected chi connectivity index (χ4v) is 1.58. The van der Waals surface area contributed by atoms with Gasteiger partial charge in [-0.1, -0.05) is 11.8 Å². The van der Waals surface area contributed by atoms with Crippen molar-refractivity contribution in [2.75, 3.05) is 13.2 Å². The highest BCUT2D eigenvalue weighted by atomic mass is 32.2. The molecule has 0 aliphatic rings. The molecule has 98 valence electrons. The first-order valence-electron chi connectivity index (χ1n) is 5.49. The third kappa shape index (κ3) is 5.17. The van der Waals surface area contributed by atoms with E-state index in [0.717, 1.165) is 0 Å². The zero-order chi connectivity index (χ0) is 13.4. The van der Waals surface area contributed by atoms with Gasteiger partial charge in [0.1, 0.15) is 12.4 Å². The number of hydrogen-bond acceptors (Lipinski definition) is 4. The molecule has 0 saturated carbocycles. The Morgan fingerprint density at radius 3 is 2.83 bits per heavy atom. The summed E-state index contributed by atoms with van der Waals surface area (Å²) in [5, 5.41) is -0.453. The standard InChI is InChI=1S/C12H16N2O3S/c1-11(2)18(15,16)14-8-3-4-9-17-12-6-5-7-13-10-12/h5-7,10-11,14H,8-9H2,1-2H3. The van der Waals surface area contributed by atoms with E-state index in [1.54, 1.807) is 38.4 Å².